The highest BCUT2D eigenvalue weighted by atomic mass is 35.5. The molecule has 1 atom stereocenters. The number of imidazole rings is 1. The number of carbonyl (C=O) groups is 2. The number of unbranched alkanes of at least 4 members (excludes halogenated alkanes) is 1. The van der Waals surface area contributed by atoms with Crippen molar-refractivity contribution in [2.24, 2.45) is 5.92 Å². The van der Waals surface area contributed by atoms with Crippen LogP contribution in [0.3, 0.4) is 0 Å². The number of hydrogen-bond donors (Lipinski definition) is 3. The van der Waals surface area contributed by atoms with Gasteiger partial charge in [0.05, 0.1) is 23.7 Å². The van der Waals surface area contributed by atoms with Gasteiger partial charge in [0.2, 0.25) is 5.91 Å². The van der Waals surface area contributed by atoms with Gasteiger partial charge in [-0.25, -0.2) is 9.78 Å². The standard InChI is InChI=1S/C36H36ClN3O3S/c1-2-3-16-33-39-34(37)32(21-38-35(41)28(23-44)20-27-14-9-13-25-12-7-8-15-29(25)27)40(33)22-24-17-18-30(31(19-24)36(42)43)26-10-5-4-6-11-26/h4-15,17-19,28,44H,2-3,16,20-23H2,1H3,(H,38,41)(H,42,43). The molecule has 1 amide bonds. The molecule has 0 spiro atoms. The van der Waals surface area contributed by atoms with E-state index in [1.165, 1.54) is 0 Å². The van der Waals surface area contributed by atoms with Crippen LogP contribution in [-0.2, 0) is 30.7 Å². The lowest BCUT2D eigenvalue weighted by molar-refractivity contribution is -0.124. The molecule has 5 aromatic rings. The number of aromatic nitrogens is 2. The van der Waals surface area contributed by atoms with E-state index < -0.39 is 5.97 Å². The van der Waals surface area contributed by atoms with Gasteiger partial charge in [0.15, 0.2) is 5.15 Å². The number of hydrogen-bond acceptors (Lipinski definition) is 4. The first-order valence-electron chi connectivity index (χ1n) is 14.9. The van der Waals surface area contributed by atoms with E-state index in [2.05, 4.69) is 54.1 Å². The Labute approximate surface area is 268 Å². The van der Waals surface area contributed by atoms with Gasteiger partial charge in [-0.1, -0.05) is 110 Å². The van der Waals surface area contributed by atoms with Gasteiger partial charge in [-0.2, -0.15) is 12.6 Å². The molecule has 0 saturated carbocycles. The van der Waals surface area contributed by atoms with E-state index in [0.29, 0.717) is 35.1 Å². The van der Waals surface area contributed by atoms with Crippen molar-refractivity contribution in [3.63, 3.8) is 0 Å². The zero-order valence-electron chi connectivity index (χ0n) is 24.7. The average Bonchev–Trinajstić information content (AvgIpc) is 3.34. The van der Waals surface area contributed by atoms with Crippen molar-refractivity contribution in [2.45, 2.75) is 45.7 Å². The number of carboxylic acids is 1. The Kier molecular flexibility index (Phi) is 10.4. The minimum absolute atomic E-state index is 0.104. The molecule has 226 valence electrons. The Hall–Kier alpha value is -4.07. The highest BCUT2D eigenvalue weighted by Crippen LogP contribution is 2.27. The molecule has 8 heteroatoms. The monoisotopic (exact) mass is 625 g/mol. The lowest BCUT2D eigenvalue weighted by Gasteiger charge is -2.18. The molecule has 0 aliphatic rings. The fraction of sp³-hybridized carbons (Fsp3) is 0.250. The SMILES string of the molecule is CCCCc1nc(Cl)c(CNC(=O)C(CS)Cc2cccc3ccccc23)n1Cc1ccc(-c2ccccc2)c(C(=O)O)c1. The van der Waals surface area contributed by atoms with Gasteiger partial charge >= 0.3 is 5.97 Å². The van der Waals surface area contributed by atoms with E-state index in [-0.39, 0.29) is 23.9 Å². The number of thiol groups is 1. The predicted octanol–water partition coefficient (Wildman–Crippen LogP) is 7.85. The van der Waals surface area contributed by atoms with Crippen molar-refractivity contribution in [3.8, 4) is 11.1 Å². The van der Waals surface area contributed by atoms with Crippen LogP contribution >= 0.6 is 24.2 Å². The molecule has 6 nitrogen and oxygen atoms in total. The quantitative estimate of drug-likeness (QED) is 0.116. The largest absolute Gasteiger partial charge is 0.478 e. The molecule has 5 rings (SSSR count). The lowest BCUT2D eigenvalue weighted by Crippen LogP contribution is -2.33. The van der Waals surface area contributed by atoms with Crippen molar-refractivity contribution in [3.05, 3.63) is 124 Å². The predicted molar refractivity (Wildman–Crippen MR) is 181 cm³/mol. The minimum Gasteiger partial charge on any atom is -0.478 e. The van der Waals surface area contributed by atoms with Crippen LogP contribution in [0.1, 0.15) is 52.8 Å². The fourth-order valence-electron chi connectivity index (χ4n) is 5.60. The first-order chi connectivity index (χ1) is 21.4. The van der Waals surface area contributed by atoms with E-state index >= 15 is 0 Å². The van der Waals surface area contributed by atoms with Crippen molar-refractivity contribution in [1.29, 1.82) is 0 Å². The molecule has 1 aromatic heterocycles. The Morgan fingerprint density at radius 2 is 1.75 bits per heavy atom. The van der Waals surface area contributed by atoms with E-state index in [1.54, 1.807) is 6.07 Å². The molecule has 0 aliphatic heterocycles. The molecular formula is C36H36ClN3O3S. The fourth-order valence-corrected chi connectivity index (χ4v) is 6.16. The Morgan fingerprint density at radius 3 is 2.50 bits per heavy atom. The number of carboxylic acid groups (broad SMARTS) is 1. The number of aryl methyl sites for hydroxylation is 1. The summed E-state index contributed by atoms with van der Waals surface area (Å²) >= 11 is 11.2. The molecular weight excluding hydrogens is 590 g/mol. The summed E-state index contributed by atoms with van der Waals surface area (Å²) < 4.78 is 2.02. The number of nitrogens with one attached hydrogen (secondary N) is 1. The van der Waals surface area contributed by atoms with Crippen molar-refractivity contribution < 1.29 is 14.7 Å². The second kappa shape index (κ2) is 14.6. The van der Waals surface area contributed by atoms with Crippen LogP contribution in [0.5, 0.6) is 0 Å². The van der Waals surface area contributed by atoms with Gasteiger partial charge in [0, 0.05) is 18.7 Å². The van der Waals surface area contributed by atoms with Gasteiger partial charge < -0.3 is 15.0 Å². The molecule has 0 saturated heterocycles. The van der Waals surface area contributed by atoms with Gasteiger partial charge in [0.25, 0.3) is 0 Å². The Balaban J connectivity index is 1.39. The topological polar surface area (TPSA) is 84.2 Å². The third-order valence-corrected chi connectivity index (χ3v) is 8.71. The number of rotatable bonds is 13. The van der Waals surface area contributed by atoms with Crippen molar-refractivity contribution >= 4 is 46.9 Å². The smallest absolute Gasteiger partial charge is 0.336 e. The summed E-state index contributed by atoms with van der Waals surface area (Å²) in [4.78, 5) is 30.4. The summed E-state index contributed by atoms with van der Waals surface area (Å²) in [6.45, 7) is 2.70. The van der Waals surface area contributed by atoms with Crippen molar-refractivity contribution in [1.82, 2.24) is 14.9 Å². The number of halogens is 1. The average molecular weight is 626 g/mol. The molecule has 0 fully saturated rings. The number of aromatic carboxylic acids is 1. The number of nitrogens with zero attached hydrogens (tertiary/aromatic N) is 2. The van der Waals surface area contributed by atoms with E-state index in [0.717, 1.165) is 52.5 Å². The Bertz CT molecular complexity index is 1760. The summed E-state index contributed by atoms with van der Waals surface area (Å²) in [5.41, 5.74) is 4.35. The number of fused-ring (bicyclic) bond motifs is 1. The molecule has 0 aliphatic carbocycles. The second-order valence-electron chi connectivity index (χ2n) is 10.9. The van der Waals surface area contributed by atoms with Gasteiger partial charge in [-0.15, -0.1) is 0 Å². The number of amides is 1. The highest BCUT2D eigenvalue weighted by molar-refractivity contribution is 7.80. The summed E-state index contributed by atoms with van der Waals surface area (Å²) in [6, 6.07) is 29.3. The van der Waals surface area contributed by atoms with E-state index in [1.807, 2.05) is 65.2 Å². The first-order valence-corrected chi connectivity index (χ1v) is 15.9. The van der Waals surface area contributed by atoms with Gasteiger partial charge in [0.1, 0.15) is 5.82 Å². The van der Waals surface area contributed by atoms with Crippen LogP contribution in [0, 0.1) is 5.92 Å². The molecule has 4 aromatic carbocycles. The lowest BCUT2D eigenvalue weighted by atomic mass is 9.95. The van der Waals surface area contributed by atoms with Gasteiger partial charge in [-0.05, 0) is 51.9 Å². The number of carbonyl (C=O) groups excluding carboxylic acids is 1. The maximum Gasteiger partial charge on any atom is 0.336 e. The Morgan fingerprint density at radius 1 is 1.00 bits per heavy atom. The minimum atomic E-state index is -0.989. The van der Waals surface area contributed by atoms with Crippen LogP contribution in [0.25, 0.3) is 21.9 Å². The summed E-state index contributed by atoms with van der Waals surface area (Å²) in [5.74, 6) is -0.214. The maximum atomic E-state index is 13.4. The molecule has 44 heavy (non-hydrogen) atoms. The van der Waals surface area contributed by atoms with Crippen LogP contribution in [0.4, 0.5) is 0 Å². The normalized spacial score (nSPS) is 11.9. The van der Waals surface area contributed by atoms with E-state index in [9.17, 15) is 14.7 Å². The summed E-state index contributed by atoms with van der Waals surface area (Å²) in [7, 11) is 0. The third kappa shape index (κ3) is 7.17. The summed E-state index contributed by atoms with van der Waals surface area (Å²) in [6.07, 6.45) is 3.21. The zero-order chi connectivity index (χ0) is 31.1. The third-order valence-electron chi connectivity index (χ3n) is 7.96. The van der Waals surface area contributed by atoms with Crippen LogP contribution in [0.2, 0.25) is 5.15 Å². The zero-order valence-corrected chi connectivity index (χ0v) is 26.3. The van der Waals surface area contributed by atoms with E-state index in [4.69, 9.17) is 11.6 Å². The van der Waals surface area contributed by atoms with Crippen LogP contribution in [0.15, 0.2) is 91.0 Å². The number of benzene rings is 4. The molecule has 1 unspecified atom stereocenters. The van der Waals surface area contributed by atoms with Crippen LogP contribution < -0.4 is 5.32 Å². The molecule has 0 bridgehead atoms. The van der Waals surface area contributed by atoms with Gasteiger partial charge in [-0.3, -0.25) is 4.79 Å². The maximum absolute atomic E-state index is 13.4. The second-order valence-corrected chi connectivity index (χ2v) is 11.7. The van der Waals surface area contributed by atoms with Crippen LogP contribution in [-0.4, -0.2) is 32.3 Å². The highest BCUT2D eigenvalue weighted by Gasteiger charge is 2.22. The first kappa shape index (κ1) is 31.4. The van der Waals surface area contributed by atoms with Crippen molar-refractivity contribution in [2.75, 3.05) is 5.75 Å². The summed E-state index contributed by atoms with van der Waals surface area (Å²) in [5, 5.41) is 15.7. The molecule has 2 N–H and O–H groups in total. The molecule has 1 heterocycles. The molecule has 0 radical (unpaired) electrons.